The second kappa shape index (κ2) is 5.30. The summed E-state index contributed by atoms with van der Waals surface area (Å²) in [6.07, 6.45) is 0. The third kappa shape index (κ3) is 2.85. The average Bonchev–Trinajstić information content (AvgIpc) is 2.27. The van der Waals surface area contributed by atoms with Gasteiger partial charge in [-0.1, -0.05) is 6.07 Å². The first kappa shape index (κ1) is 13.4. The van der Waals surface area contributed by atoms with E-state index in [2.05, 4.69) is 0 Å². The van der Waals surface area contributed by atoms with Gasteiger partial charge in [-0.25, -0.2) is 8.78 Å². The molecule has 1 saturated heterocycles. The summed E-state index contributed by atoms with van der Waals surface area (Å²) in [5, 5.41) is 0. The van der Waals surface area contributed by atoms with Crippen LogP contribution in [0.25, 0.3) is 0 Å². The molecule has 100 valence electrons. The standard InChI is InChI=1S/C13H18F2N2O/c1-17(7-13(6-16)8-18-9-13)5-10-2-3-11(14)4-12(10)15/h2-4H,5-9,16H2,1H3. The molecule has 1 aromatic carbocycles. The molecule has 0 unspecified atom stereocenters. The van der Waals surface area contributed by atoms with Crippen LogP contribution in [0.3, 0.4) is 0 Å². The van der Waals surface area contributed by atoms with Gasteiger partial charge in [-0.3, -0.25) is 0 Å². The van der Waals surface area contributed by atoms with E-state index in [4.69, 9.17) is 10.5 Å². The minimum atomic E-state index is -0.551. The quantitative estimate of drug-likeness (QED) is 0.864. The lowest BCUT2D eigenvalue weighted by Crippen LogP contribution is -2.54. The third-order valence-electron chi connectivity index (χ3n) is 3.31. The molecule has 0 spiro atoms. The second-order valence-electron chi connectivity index (χ2n) is 5.10. The van der Waals surface area contributed by atoms with Crippen LogP contribution >= 0.6 is 0 Å². The Labute approximate surface area is 106 Å². The lowest BCUT2D eigenvalue weighted by Gasteiger charge is -2.43. The van der Waals surface area contributed by atoms with Crippen molar-refractivity contribution in [2.45, 2.75) is 6.54 Å². The maximum atomic E-state index is 13.5. The Bertz CT molecular complexity index is 416. The summed E-state index contributed by atoms with van der Waals surface area (Å²) in [5.41, 5.74) is 6.21. The van der Waals surface area contributed by atoms with Crippen LogP contribution in [0, 0.1) is 17.0 Å². The van der Waals surface area contributed by atoms with Crippen LogP contribution in [0.15, 0.2) is 18.2 Å². The van der Waals surface area contributed by atoms with Crippen molar-refractivity contribution in [3.63, 3.8) is 0 Å². The van der Waals surface area contributed by atoms with Gasteiger partial charge in [0.15, 0.2) is 0 Å². The molecule has 0 aliphatic carbocycles. The highest BCUT2D eigenvalue weighted by Gasteiger charge is 2.38. The molecule has 0 atom stereocenters. The maximum Gasteiger partial charge on any atom is 0.130 e. The summed E-state index contributed by atoms with van der Waals surface area (Å²) in [4.78, 5) is 1.99. The third-order valence-corrected chi connectivity index (χ3v) is 3.31. The summed E-state index contributed by atoms with van der Waals surface area (Å²) in [6.45, 7) is 3.05. The summed E-state index contributed by atoms with van der Waals surface area (Å²) in [5.74, 6) is -1.06. The van der Waals surface area contributed by atoms with Crippen molar-refractivity contribution in [1.82, 2.24) is 4.90 Å². The fourth-order valence-corrected chi connectivity index (χ4v) is 2.23. The molecule has 2 rings (SSSR count). The highest BCUT2D eigenvalue weighted by molar-refractivity contribution is 5.18. The first-order valence-corrected chi connectivity index (χ1v) is 5.95. The van der Waals surface area contributed by atoms with Crippen LogP contribution in [0.4, 0.5) is 8.78 Å². The zero-order valence-corrected chi connectivity index (χ0v) is 10.5. The van der Waals surface area contributed by atoms with Crippen molar-refractivity contribution in [3.8, 4) is 0 Å². The van der Waals surface area contributed by atoms with Gasteiger partial charge >= 0.3 is 0 Å². The fraction of sp³-hybridized carbons (Fsp3) is 0.538. The molecule has 3 nitrogen and oxygen atoms in total. The van der Waals surface area contributed by atoms with Gasteiger partial charge < -0.3 is 15.4 Å². The van der Waals surface area contributed by atoms with Crippen molar-refractivity contribution < 1.29 is 13.5 Å². The highest BCUT2D eigenvalue weighted by Crippen LogP contribution is 2.27. The molecule has 0 saturated carbocycles. The van der Waals surface area contributed by atoms with Crippen LogP contribution in [0.2, 0.25) is 0 Å². The monoisotopic (exact) mass is 256 g/mol. The van der Waals surface area contributed by atoms with E-state index in [0.717, 1.165) is 12.6 Å². The SMILES string of the molecule is CN(Cc1ccc(F)cc1F)CC1(CN)COC1. The largest absolute Gasteiger partial charge is 0.380 e. The van der Waals surface area contributed by atoms with Gasteiger partial charge in [0.25, 0.3) is 0 Å². The van der Waals surface area contributed by atoms with E-state index in [1.807, 2.05) is 11.9 Å². The summed E-state index contributed by atoms with van der Waals surface area (Å²) in [6, 6.07) is 3.67. The van der Waals surface area contributed by atoms with Crippen molar-refractivity contribution in [2.75, 3.05) is 33.4 Å². The number of nitrogens with two attached hydrogens (primary N) is 1. The molecule has 1 heterocycles. The molecular formula is C13H18F2N2O. The van der Waals surface area contributed by atoms with E-state index in [-0.39, 0.29) is 5.41 Å². The Morgan fingerprint density at radius 3 is 2.61 bits per heavy atom. The smallest absolute Gasteiger partial charge is 0.130 e. The van der Waals surface area contributed by atoms with E-state index in [1.54, 1.807) is 0 Å². The Morgan fingerprint density at radius 1 is 1.39 bits per heavy atom. The van der Waals surface area contributed by atoms with Crippen LogP contribution in [0.5, 0.6) is 0 Å². The number of halogens is 2. The molecule has 2 N–H and O–H groups in total. The van der Waals surface area contributed by atoms with Crippen LogP contribution < -0.4 is 5.73 Å². The number of hydrogen-bond acceptors (Lipinski definition) is 3. The summed E-state index contributed by atoms with van der Waals surface area (Å²) >= 11 is 0. The molecule has 1 aliphatic heterocycles. The number of benzene rings is 1. The van der Waals surface area contributed by atoms with Crippen molar-refractivity contribution in [1.29, 1.82) is 0 Å². The maximum absolute atomic E-state index is 13.5. The minimum Gasteiger partial charge on any atom is -0.380 e. The van der Waals surface area contributed by atoms with Crippen LogP contribution in [-0.2, 0) is 11.3 Å². The highest BCUT2D eigenvalue weighted by atomic mass is 19.1. The first-order valence-electron chi connectivity index (χ1n) is 5.95. The number of rotatable bonds is 5. The molecule has 0 radical (unpaired) electrons. The molecule has 0 aromatic heterocycles. The Balaban J connectivity index is 1.96. The fourth-order valence-electron chi connectivity index (χ4n) is 2.23. The minimum absolute atomic E-state index is 0.00867. The molecule has 0 bridgehead atoms. The Hall–Kier alpha value is -1.04. The predicted octanol–water partition coefficient (Wildman–Crippen LogP) is 1.37. The van der Waals surface area contributed by atoms with Crippen molar-refractivity contribution >= 4 is 0 Å². The molecule has 5 heteroatoms. The van der Waals surface area contributed by atoms with Crippen LogP contribution in [0.1, 0.15) is 5.56 Å². The first-order chi connectivity index (χ1) is 8.54. The van der Waals surface area contributed by atoms with Crippen LogP contribution in [-0.4, -0.2) is 38.3 Å². The van der Waals surface area contributed by atoms with Gasteiger partial charge in [0.1, 0.15) is 11.6 Å². The molecule has 1 aliphatic rings. The van der Waals surface area contributed by atoms with E-state index >= 15 is 0 Å². The van der Waals surface area contributed by atoms with Gasteiger partial charge in [-0.15, -0.1) is 0 Å². The molecule has 1 fully saturated rings. The second-order valence-corrected chi connectivity index (χ2v) is 5.10. The number of ether oxygens (including phenoxy) is 1. The molecule has 1 aromatic rings. The van der Waals surface area contributed by atoms with Crippen molar-refractivity contribution in [2.24, 2.45) is 11.1 Å². The van der Waals surface area contributed by atoms with Gasteiger partial charge in [-0.05, 0) is 13.1 Å². The normalized spacial score (nSPS) is 17.8. The van der Waals surface area contributed by atoms with E-state index in [9.17, 15) is 8.78 Å². The Kier molecular flexibility index (Phi) is 3.94. The predicted molar refractivity (Wildman–Crippen MR) is 65.0 cm³/mol. The summed E-state index contributed by atoms with van der Waals surface area (Å²) in [7, 11) is 1.90. The van der Waals surface area contributed by atoms with Gasteiger partial charge in [0.2, 0.25) is 0 Å². The zero-order chi connectivity index (χ0) is 13.2. The van der Waals surface area contributed by atoms with Gasteiger partial charge in [0, 0.05) is 36.7 Å². The molecular weight excluding hydrogens is 238 g/mol. The zero-order valence-electron chi connectivity index (χ0n) is 10.5. The van der Waals surface area contributed by atoms with Gasteiger partial charge in [0.05, 0.1) is 13.2 Å². The van der Waals surface area contributed by atoms with Crippen molar-refractivity contribution in [3.05, 3.63) is 35.4 Å². The number of hydrogen-bond donors (Lipinski definition) is 1. The van der Waals surface area contributed by atoms with E-state index in [0.29, 0.717) is 31.9 Å². The lowest BCUT2D eigenvalue weighted by atomic mass is 9.85. The Morgan fingerprint density at radius 2 is 2.11 bits per heavy atom. The van der Waals surface area contributed by atoms with E-state index < -0.39 is 11.6 Å². The average molecular weight is 256 g/mol. The topological polar surface area (TPSA) is 38.5 Å². The number of nitrogens with zero attached hydrogens (tertiary/aromatic N) is 1. The molecule has 0 amide bonds. The molecule has 18 heavy (non-hydrogen) atoms. The summed E-state index contributed by atoms with van der Waals surface area (Å²) < 4.78 is 31.5. The van der Waals surface area contributed by atoms with E-state index in [1.165, 1.54) is 12.1 Å². The van der Waals surface area contributed by atoms with Gasteiger partial charge in [-0.2, -0.15) is 0 Å². The lowest BCUT2D eigenvalue weighted by molar-refractivity contribution is -0.118.